The van der Waals surface area contributed by atoms with Crippen molar-refractivity contribution >= 4 is 21.4 Å². The highest BCUT2D eigenvalue weighted by Gasteiger charge is 2.21. The van der Waals surface area contributed by atoms with Crippen molar-refractivity contribution in [3.63, 3.8) is 0 Å². The Labute approximate surface area is 95.2 Å². The third kappa shape index (κ3) is 3.27. The molecule has 0 fully saturated rings. The zero-order valence-corrected chi connectivity index (χ0v) is 10.8. The monoisotopic (exact) mass is 248 g/mol. The molecule has 4 nitrogen and oxygen atoms in total. The van der Waals surface area contributed by atoms with E-state index in [-0.39, 0.29) is 0 Å². The molecule has 0 aliphatic rings. The largest absolute Gasteiger partial charge is 0.308 e. The molecule has 0 saturated carbocycles. The van der Waals surface area contributed by atoms with Crippen molar-refractivity contribution in [2.24, 2.45) is 0 Å². The van der Waals surface area contributed by atoms with Gasteiger partial charge in [-0.2, -0.15) is 4.31 Å². The third-order valence-corrected chi connectivity index (χ3v) is 5.25. The lowest BCUT2D eigenvalue weighted by atomic mass is 10.6. The molecule has 1 aromatic rings. The zero-order chi connectivity index (χ0) is 11.5. The number of thiophene rings is 1. The molecule has 15 heavy (non-hydrogen) atoms. The molecule has 0 aliphatic carbocycles. The summed E-state index contributed by atoms with van der Waals surface area (Å²) in [5.41, 5.74) is 0. The van der Waals surface area contributed by atoms with E-state index in [2.05, 4.69) is 0 Å². The van der Waals surface area contributed by atoms with Gasteiger partial charge in [0.25, 0.3) is 10.0 Å². The first-order chi connectivity index (χ1) is 6.94. The van der Waals surface area contributed by atoms with E-state index < -0.39 is 10.0 Å². The lowest BCUT2D eigenvalue weighted by Crippen LogP contribution is -2.33. The molecule has 1 aromatic heterocycles. The predicted octanol–water partition coefficient (Wildman–Crippen LogP) is 0.930. The molecular formula is C9H16N2O2S2. The van der Waals surface area contributed by atoms with Crippen LogP contribution in [-0.4, -0.2) is 51.9 Å². The summed E-state index contributed by atoms with van der Waals surface area (Å²) < 4.78 is 25.6. The van der Waals surface area contributed by atoms with Gasteiger partial charge in [-0.3, -0.25) is 0 Å². The van der Waals surface area contributed by atoms with Gasteiger partial charge in [-0.25, -0.2) is 8.42 Å². The topological polar surface area (TPSA) is 40.6 Å². The van der Waals surface area contributed by atoms with Crippen LogP contribution in [0.2, 0.25) is 0 Å². The van der Waals surface area contributed by atoms with Gasteiger partial charge in [-0.15, -0.1) is 11.3 Å². The van der Waals surface area contributed by atoms with E-state index in [1.54, 1.807) is 24.6 Å². The number of nitrogens with zero attached hydrogens (tertiary/aromatic N) is 2. The minimum Gasteiger partial charge on any atom is -0.308 e. The van der Waals surface area contributed by atoms with Crippen LogP contribution in [0.3, 0.4) is 0 Å². The fourth-order valence-electron chi connectivity index (χ4n) is 1.02. The van der Waals surface area contributed by atoms with Crippen molar-refractivity contribution in [2.45, 2.75) is 4.21 Å². The quantitative estimate of drug-likeness (QED) is 0.778. The van der Waals surface area contributed by atoms with Crippen molar-refractivity contribution in [3.05, 3.63) is 17.5 Å². The van der Waals surface area contributed by atoms with Crippen molar-refractivity contribution in [1.82, 2.24) is 9.21 Å². The first kappa shape index (κ1) is 12.6. The first-order valence-corrected chi connectivity index (χ1v) is 6.91. The Balaban J connectivity index is 2.71. The van der Waals surface area contributed by atoms with E-state index in [4.69, 9.17) is 0 Å². The summed E-state index contributed by atoms with van der Waals surface area (Å²) in [5.74, 6) is 0. The van der Waals surface area contributed by atoms with E-state index in [1.165, 1.54) is 15.6 Å². The summed E-state index contributed by atoms with van der Waals surface area (Å²) in [6.45, 7) is 1.23. The van der Waals surface area contributed by atoms with Crippen LogP contribution in [-0.2, 0) is 10.0 Å². The van der Waals surface area contributed by atoms with Gasteiger partial charge in [0.1, 0.15) is 4.21 Å². The van der Waals surface area contributed by atoms with Crippen LogP contribution < -0.4 is 0 Å². The standard InChI is InChI=1S/C9H16N2O2S2/c1-10(2)6-7-11(3)15(12,13)9-5-4-8-14-9/h4-5,8H,6-7H2,1-3H3. The van der Waals surface area contributed by atoms with Crippen molar-refractivity contribution in [1.29, 1.82) is 0 Å². The Morgan fingerprint density at radius 2 is 1.93 bits per heavy atom. The second-order valence-corrected chi connectivity index (χ2v) is 6.78. The summed E-state index contributed by atoms with van der Waals surface area (Å²) >= 11 is 1.25. The summed E-state index contributed by atoms with van der Waals surface area (Å²) in [7, 11) is 2.19. The molecule has 1 heterocycles. The van der Waals surface area contributed by atoms with Gasteiger partial charge in [0, 0.05) is 20.1 Å². The Hall–Kier alpha value is -0.430. The number of rotatable bonds is 5. The molecule has 0 radical (unpaired) electrons. The van der Waals surface area contributed by atoms with Crippen molar-refractivity contribution in [2.75, 3.05) is 34.2 Å². The highest BCUT2D eigenvalue weighted by molar-refractivity contribution is 7.91. The summed E-state index contributed by atoms with van der Waals surface area (Å²) in [6, 6.07) is 3.38. The van der Waals surface area contributed by atoms with Crippen molar-refractivity contribution in [3.8, 4) is 0 Å². The van der Waals surface area contributed by atoms with Gasteiger partial charge in [-0.1, -0.05) is 6.07 Å². The Morgan fingerprint density at radius 1 is 1.27 bits per heavy atom. The average Bonchev–Trinajstić information content (AvgIpc) is 2.66. The number of hydrogen-bond acceptors (Lipinski definition) is 4. The lowest BCUT2D eigenvalue weighted by molar-refractivity contribution is 0.359. The summed E-state index contributed by atoms with van der Waals surface area (Å²) in [4.78, 5) is 1.96. The lowest BCUT2D eigenvalue weighted by Gasteiger charge is -2.18. The van der Waals surface area contributed by atoms with E-state index in [1.807, 2.05) is 19.0 Å². The molecular weight excluding hydrogens is 232 g/mol. The van der Waals surface area contributed by atoms with E-state index in [0.717, 1.165) is 6.54 Å². The summed E-state index contributed by atoms with van der Waals surface area (Å²) in [5, 5.41) is 1.77. The molecule has 0 aliphatic heterocycles. The van der Waals surface area contributed by atoms with Gasteiger partial charge in [-0.05, 0) is 25.5 Å². The molecule has 1 rings (SSSR count). The third-order valence-electron chi connectivity index (χ3n) is 2.02. The second-order valence-electron chi connectivity index (χ2n) is 3.56. The second kappa shape index (κ2) is 5.07. The molecule has 86 valence electrons. The highest BCUT2D eigenvalue weighted by Crippen LogP contribution is 2.19. The van der Waals surface area contributed by atoms with Crippen LogP contribution in [0, 0.1) is 0 Å². The normalized spacial score (nSPS) is 12.6. The molecule has 0 amide bonds. The van der Waals surface area contributed by atoms with Crippen LogP contribution in [0.5, 0.6) is 0 Å². The van der Waals surface area contributed by atoms with Gasteiger partial charge < -0.3 is 4.90 Å². The summed E-state index contributed by atoms with van der Waals surface area (Å²) in [6.07, 6.45) is 0. The van der Waals surface area contributed by atoms with Gasteiger partial charge in [0.2, 0.25) is 0 Å². The van der Waals surface area contributed by atoms with Crippen LogP contribution >= 0.6 is 11.3 Å². The van der Waals surface area contributed by atoms with Crippen LogP contribution in [0.15, 0.2) is 21.7 Å². The maximum atomic E-state index is 11.9. The van der Waals surface area contributed by atoms with Crippen LogP contribution in [0.25, 0.3) is 0 Å². The molecule has 0 bridgehead atoms. The van der Waals surface area contributed by atoms with Crippen LogP contribution in [0.1, 0.15) is 0 Å². The maximum absolute atomic E-state index is 11.9. The fourth-order valence-corrected chi connectivity index (χ4v) is 3.39. The highest BCUT2D eigenvalue weighted by atomic mass is 32.2. The van der Waals surface area contributed by atoms with E-state index in [9.17, 15) is 8.42 Å². The molecule has 6 heteroatoms. The van der Waals surface area contributed by atoms with E-state index in [0.29, 0.717) is 10.8 Å². The molecule has 0 aromatic carbocycles. The number of sulfonamides is 1. The van der Waals surface area contributed by atoms with Crippen molar-refractivity contribution < 1.29 is 8.42 Å². The maximum Gasteiger partial charge on any atom is 0.252 e. The number of likely N-dealkylation sites (N-methyl/N-ethyl adjacent to an activating group) is 2. The fraction of sp³-hybridized carbons (Fsp3) is 0.556. The van der Waals surface area contributed by atoms with E-state index >= 15 is 0 Å². The molecule has 0 unspecified atom stereocenters. The minimum absolute atomic E-state index is 0.406. The molecule has 0 saturated heterocycles. The van der Waals surface area contributed by atoms with Crippen LogP contribution in [0.4, 0.5) is 0 Å². The van der Waals surface area contributed by atoms with Gasteiger partial charge in [0.15, 0.2) is 0 Å². The Morgan fingerprint density at radius 3 is 2.40 bits per heavy atom. The number of hydrogen-bond donors (Lipinski definition) is 0. The van der Waals surface area contributed by atoms with Gasteiger partial charge in [0.05, 0.1) is 0 Å². The average molecular weight is 248 g/mol. The smallest absolute Gasteiger partial charge is 0.252 e. The first-order valence-electron chi connectivity index (χ1n) is 4.59. The molecule has 0 spiro atoms. The molecule has 0 atom stereocenters. The Kier molecular flexibility index (Phi) is 4.27. The van der Waals surface area contributed by atoms with Gasteiger partial charge >= 0.3 is 0 Å². The minimum atomic E-state index is -3.27. The Bertz CT molecular complexity index is 384. The SMILES string of the molecule is CN(C)CCN(C)S(=O)(=O)c1cccs1. The molecule has 0 N–H and O–H groups in total. The predicted molar refractivity (Wildman–Crippen MR) is 62.7 cm³/mol. The zero-order valence-electron chi connectivity index (χ0n) is 9.17.